The molecule has 2 N–H and O–H groups in total. The van der Waals surface area contributed by atoms with E-state index in [1.807, 2.05) is 0 Å². The summed E-state index contributed by atoms with van der Waals surface area (Å²) in [6.07, 6.45) is 6.08. The van der Waals surface area contributed by atoms with Gasteiger partial charge in [-0.3, -0.25) is 4.79 Å². The molecule has 2 aliphatic rings. The predicted molar refractivity (Wildman–Crippen MR) is 92.6 cm³/mol. The number of piperidine rings is 2. The second-order valence-corrected chi connectivity index (χ2v) is 6.58. The van der Waals surface area contributed by atoms with Crippen molar-refractivity contribution in [3.8, 4) is 0 Å². The summed E-state index contributed by atoms with van der Waals surface area (Å²) in [6.45, 7) is 9.46. The van der Waals surface area contributed by atoms with Gasteiger partial charge in [0.25, 0.3) is 0 Å². The summed E-state index contributed by atoms with van der Waals surface area (Å²) in [6, 6.07) is 0.254. The van der Waals surface area contributed by atoms with Crippen molar-refractivity contribution >= 4 is 30.7 Å². The fourth-order valence-electron chi connectivity index (χ4n) is 3.22. The van der Waals surface area contributed by atoms with Crippen molar-refractivity contribution in [3.63, 3.8) is 0 Å². The van der Waals surface area contributed by atoms with E-state index < -0.39 is 0 Å². The summed E-state index contributed by atoms with van der Waals surface area (Å²) in [5, 5.41) is 6.56. The summed E-state index contributed by atoms with van der Waals surface area (Å²) in [7, 11) is 0. The third kappa shape index (κ3) is 6.31. The first kappa shape index (κ1) is 21.0. The minimum atomic E-state index is -0.214. The van der Waals surface area contributed by atoms with E-state index in [1.54, 1.807) is 0 Å². The second kappa shape index (κ2) is 9.88. The lowest BCUT2D eigenvalue weighted by molar-refractivity contribution is -0.131. The van der Waals surface area contributed by atoms with E-state index in [0.29, 0.717) is 0 Å². The average molecular weight is 340 g/mol. The SMILES string of the molecule is CC(CN1CCCCC1)NC(=O)C1(C)CCCNC1.Cl.Cl. The number of hydrogen-bond donors (Lipinski definition) is 2. The molecule has 0 bridgehead atoms. The highest BCUT2D eigenvalue weighted by atomic mass is 35.5. The van der Waals surface area contributed by atoms with Gasteiger partial charge < -0.3 is 15.5 Å². The molecule has 0 spiro atoms. The van der Waals surface area contributed by atoms with Gasteiger partial charge in [-0.15, -0.1) is 24.8 Å². The molecule has 0 aromatic rings. The number of likely N-dealkylation sites (tertiary alicyclic amines) is 1. The monoisotopic (exact) mass is 339 g/mol. The molecule has 2 unspecified atom stereocenters. The number of nitrogens with zero attached hydrogens (tertiary/aromatic N) is 1. The predicted octanol–water partition coefficient (Wildman–Crippen LogP) is 2.21. The van der Waals surface area contributed by atoms with Gasteiger partial charge in [0.1, 0.15) is 0 Å². The fraction of sp³-hybridized carbons (Fsp3) is 0.933. The number of carbonyl (C=O) groups is 1. The third-order valence-corrected chi connectivity index (χ3v) is 4.50. The van der Waals surface area contributed by atoms with Crippen molar-refractivity contribution in [1.82, 2.24) is 15.5 Å². The van der Waals surface area contributed by atoms with Crippen LogP contribution in [0.15, 0.2) is 0 Å². The van der Waals surface area contributed by atoms with E-state index in [1.165, 1.54) is 32.4 Å². The Hall–Kier alpha value is -0.0300. The topological polar surface area (TPSA) is 44.4 Å². The zero-order valence-corrected chi connectivity index (χ0v) is 15.0. The largest absolute Gasteiger partial charge is 0.352 e. The van der Waals surface area contributed by atoms with Crippen molar-refractivity contribution in [3.05, 3.63) is 0 Å². The lowest BCUT2D eigenvalue weighted by Gasteiger charge is -2.35. The molecule has 0 aliphatic carbocycles. The zero-order chi connectivity index (χ0) is 13.7. The molecule has 0 aromatic carbocycles. The number of rotatable bonds is 4. The highest BCUT2D eigenvalue weighted by Gasteiger charge is 2.35. The molecule has 0 saturated carbocycles. The molecule has 0 radical (unpaired) electrons. The number of halogens is 2. The van der Waals surface area contributed by atoms with Gasteiger partial charge in [0.05, 0.1) is 5.41 Å². The summed E-state index contributed by atoms with van der Waals surface area (Å²) < 4.78 is 0. The molecule has 6 heteroatoms. The molecule has 0 aromatic heterocycles. The molecular weight excluding hydrogens is 309 g/mol. The van der Waals surface area contributed by atoms with Crippen LogP contribution in [-0.4, -0.2) is 49.6 Å². The third-order valence-electron chi connectivity index (χ3n) is 4.50. The maximum Gasteiger partial charge on any atom is 0.227 e. The van der Waals surface area contributed by atoms with Crippen LogP contribution in [0.5, 0.6) is 0 Å². The quantitative estimate of drug-likeness (QED) is 0.825. The molecule has 126 valence electrons. The zero-order valence-electron chi connectivity index (χ0n) is 13.3. The summed E-state index contributed by atoms with van der Waals surface area (Å²) in [5.74, 6) is 0.226. The number of amides is 1. The van der Waals surface area contributed by atoms with Gasteiger partial charge in [0.15, 0.2) is 0 Å². The van der Waals surface area contributed by atoms with Crippen molar-refractivity contribution in [2.45, 2.75) is 52.0 Å². The Labute approximate surface area is 141 Å². The Kier molecular flexibility index (Phi) is 9.87. The van der Waals surface area contributed by atoms with Crippen molar-refractivity contribution in [2.75, 3.05) is 32.7 Å². The van der Waals surface area contributed by atoms with Crippen LogP contribution in [0, 0.1) is 5.41 Å². The Morgan fingerprint density at radius 1 is 1.24 bits per heavy atom. The molecule has 1 amide bonds. The fourth-order valence-corrected chi connectivity index (χ4v) is 3.22. The van der Waals surface area contributed by atoms with Crippen LogP contribution in [0.1, 0.15) is 46.0 Å². The molecule has 21 heavy (non-hydrogen) atoms. The van der Waals surface area contributed by atoms with Crippen molar-refractivity contribution < 1.29 is 4.79 Å². The minimum absolute atomic E-state index is 0. The van der Waals surface area contributed by atoms with Gasteiger partial charge in [0, 0.05) is 19.1 Å². The number of carbonyl (C=O) groups excluding carboxylic acids is 1. The maximum absolute atomic E-state index is 12.4. The molecule has 2 rings (SSSR count). The van der Waals surface area contributed by atoms with Crippen LogP contribution in [-0.2, 0) is 4.79 Å². The molecule has 2 heterocycles. The van der Waals surface area contributed by atoms with Crippen LogP contribution in [0.25, 0.3) is 0 Å². The number of hydrogen-bond acceptors (Lipinski definition) is 3. The minimum Gasteiger partial charge on any atom is -0.352 e. The van der Waals surface area contributed by atoms with E-state index in [0.717, 1.165) is 32.5 Å². The van der Waals surface area contributed by atoms with Crippen LogP contribution < -0.4 is 10.6 Å². The molecule has 4 nitrogen and oxygen atoms in total. The van der Waals surface area contributed by atoms with E-state index in [-0.39, 0.29) is 42.2 Å². The van der Waals surface area contributed by atoms with E-state index in [9.17, 15) is 4.79 Å². The van der Waals surface area contributed by atoms with Crippen LogP contribution in [0.2, 0.25) is 0 Å². The van der Waals surface area contributed by atoms with Gasteiger partial charge >= 0.3 is 0 Å². The Morgan fingerprint density at radius 3 is 2.48 bits per heavy atom. The van der Waals surface area contributed by atoms with Crippen LogP contribution in [0.3, 0.4) is 0 Å². The molecular formula is C15H31Cl2N3O. The summed E-state index contributed by atoms with van der Waals surface area (Å²) in [5.41, 5.74) is -0.214. The highest BCUT2D eigenvalue weighted by molar-refractivity contribution is 5.85. The van der Waals surface area contributed by atoms with Gasteiger partial charge in [-0.2, -0.15) is 0 Å². The average Bonchev–Trinajstić information content (AvgIpc) is 2.40. The second-order valence-electron chi connectivity index (χ2n) is 6.58. The standard InChI is InChI=1S/C15H29N3O.2ClH/c1-13(11-18-9-4-3-5-10-18)17-14(19)15(2)7-6-8-16-12-15;;/h13,16H,3-12H2,1-2H3,(H,17,19);2*1H. The molecule has 2 aliphatic heterocycles. The lowest BCUT2D eigenvalue weighted by Crippen LogP contribution is -2.52. The van der Waals surface area contributed by atoms with E-state index >= 15 is 0 Å². The summed E-state index contributed by atoms with van der Waals surface area (Å²) in [4.78, 5) is 14.9. The summed E-state index contributed by atoms with van der Waals surface area (Å²) >= 11 is 0. The van der Waals surface area contributed by atoms with E-state index in [2.05, 4.69) is 29.4 Å². The van der Waals surface area contributed by atoms with Crippen LogP contribution >= 0.6 is 24.8 Å². The Bertz CT molecular complexity index is 303. The molecule has 2 atom stereocenters. The molecule has 2 saturated heterocycles. The van der Waals surface area contributed by atoms with Crippen molar-refractivity contribution in [1.29, 1.82) is 0 Å². The lowest BCUT2D eigenvalue weighted by atomic mass is 9.81. The normalized spacial score (nSPS) is 27.9. The van der Waals surface area contributed by atoms with Gasteiger partial charge in [-0.25, -0.2) is 0 Å². The van der Waals surface area contributed by atoms with Crippen molar-refractivity contribution in [2.24, 2.45) is 5.41 Å². The van der Waals surface area contributed by atoms with Gasteiger partial charge in [-0.05, 0) is 59.2 Å². The first-order valence-electron chi connectivity index (χ1n) is 7.84. The number of nitrogens with one attached hydrogen (secondary N) is 2. The first-order valence-corrected chi connectivity index (χ1v) is 7.84. The highest BCUT2D eigenvalue weighted by Crippen LogP contribution is 2.25. The Morgan fingerprint density at radius 2 is 1.90 bits per heavy atom. The Balaban J connectivity index is 0.00000200. The smallest absolute Gasteiger partial charge is 0.227 e. The van der Waals surface area contributed by atoms with E-state index in [4.69, 9.17) is 0 Å². The molecule has 2 fully saturated rings. The van der Waals surface area contributed by atoms with Crippen LogP contribution in [0.4, 0.5) is 0 Å². The van der Waals surface area contributed by atoms with Gasteiger partial charge in [0.2, 0.25) is 5.91 Å². The maximum atomic E-state index is 12.4. The van der Waals surface area contributed by atoms with Gasteiger partial charge in [-0.1, -0.05) is 6.42 Å². The first-order chi connectivity index (χ1) is 9.10.